The van der Waals surface area contributed by atoms with Crippen molar-refractivity contribution in [1.29, 1.82) is 0 Å². The normalized spacial score (nSPS) is 13.5. The third kappa shape index (κ3) is 2.89. The minimum atomic E-state index is -1.40. The molecule has 2 aromatic rings. The molecule has 0 saturated heterocycles. The third-order valence-corrected chi connectivity index (χ3v) is 3.62. The van der Waals surface area contributed by atoms with Crippen LogP contribution in [0, 0.1) is 19.7 Å². The molecule has 0 aromatic heterocycles. The molecule has 1 unspecified atom stereocenters. The lowest BCUT2D eigenvalue weighted by molar-refractivity contribution is -0.142. The van der Waals surface area contributed by atoms with Gasteiger partial charge >= 0.3 is 5.97 Å². The van der Waals surface area contributed by atoms with Crippen LogP contribution in [0.2, 0.25) is 0 Å². The van der Waals surface area contributed by atoms with Crippen molar-refractivity contribution < 1.29 is 14.3 Å². The zero-order valence-electron chi connectivity index (χ0n) is 12.3. The zero-order valence-corrected chi connectivity index (χ0v) is 12.3. The minimum absolute atomic E-state index is 0.170. The number of carboxylic acids is 1. The lowest BCUT2D eigenvalue weighted by Crippen LogP contribution is -2.41. The average molecular weight is 287 g/mol. The lowest BCUT2D eigenvalue weighted by Gasteiger charge is -2.30. The summed E-state index contributed by atoms with van der Waals surface area (Å²) in [4.78, 5) is 11.8. The first-order valence-corrected chi connectivity index (χ1v) is 6.68. The van der Waals surface area contributed by atoms with Gasteiger partial charge in [-0.25, -0.2) is 9.18 Å². The van der Waals surface area contributed by atoms with Gasteiger partial charge in [0, 0.05) is 0 Å². The lowest BCUT2D eigenvalue weighted by atomic mass is 9.87. The smallest absolute Gasteiger partial charge is 0.333 e. The Hall–Kier alpha value is -2.36. The van der Waals surface area contributed by atoms with E-state index < -0.39 is 17.3 Å². The van der Waals surface area contributed by atoms with Crippen molar-refractivity contribution in [1.82, 2.24) is 0 Å². The molecule has 0 aliphatic heterocycles. The molecule has 0 spiro atoms. The second-order valence-corrected chi connectivity index (χ2v) is 5.35. The maximum atomic E-state index is 13.8. The van der Waals surface area contributed by atoms with Gasteiger partial charge in [-0.1, -0.05) is 35.9 Å². The molecule has 0 radical (unpaired) electrons. The van der Waals surface area contributed by atoms with E-state index in [0.29, 0.717) is 5.56 Å². The maximum Gasteiger partial charge on any atom is 0.333 e. The van der Waals surface area contributed by atoms with Crippen LogP contribution in [0.5, 0.6) is 0 Å². The van der Waals surface area contributed by atoms with Gasteiger partial charge in [0.2, 0.25) is 0 Å². The number of hydrogen-bond acceptors (Lipinski definition) is 2. The first-order valence-electron chi connectivity index (χ1n) is 6.68. The number of benzene rings is 2. The summed E-state index contributed by atoms with van der Waals surface area (Å²) in [6.07, 6.45) is 0. The van der Waals surface area contributed by atoms with Crippen LogP contribution >= 0.6 is 0 Å². The Labute approximate surface area is 123 Å². The second-order valence-electron chi connectivity index (χ2n) is 5.35. The van der Waals surface area contributed by atoms with E-state index in [9.17, 15) is 14.3 Å². The summed E-state index contributed by atoms with van der Waals surface area (Å²) in [5.74, 6) is -1.53. The SMILES string of the molecule is Cc1ccc(C)c(C(C)(Nc2ccccc2F)C(=O)O)c1. The van der Waals surface area contributed by atoms with Gasteiger partial charge in [0.15, 0.2) is 5.54 Å². The van der Waals surface area contributed by atoms with Crippen molar-refractivity contribution in [2.45, 2.75) is 26.3 Å². The predicted octanol–water partition coefficient (Wildman–Crippen LogP) is 3.85. The number of hydrogen-bond donors (Lipinski definition) is 2. The third-order valence-electron chi connectivity index (χ3n) is 3.62. The number of aliphatic carboxylic acids is 1. The van der Waals surface area contributed by atoms with Crippen LogP contribution in [0.25, 0.3) is 0 Å². The first kappa shape index (κ1) is 15.0. The summed E-state index contributed by atoms with van der Waals surface area (Å²) in [5.41, 5.74) is 1.19. The van der Waals surface area contributed by atoms with E-state index in [1.165, 1.54) is 12.1 Å². The van der Waals surface area contributed by atoms with Gasteiger partial charge < -0.3 is 10.4 Å². The summed E-state index contributed by atoms with van der Waals surface area (Å²) < 4.78 is 13.8. The second kappa shape index (κ2) is 5.56. The van der Waals surface area contributed by atoms with Crippen LogP contribution in [0.3, 0.4) is 0 Å². The molecule has 4 heteroatoms. The monoisotopic (exact) mass is 287 g/mol. The Bertz CT molecular complexity index is 684. The van der Waals surface area contributed by atoms with E-state index in [2.05, 4.69) is 5.32 Å². The van der Waals surface area contributed by atoms with Crippen LogP contribution in [0.15, 0.2) is 42.5 Å². The molecule has 0 fully saturated rings. The molecule has 21 heavy (non-hydrogen) atoms. The molecule has 3 nitrogen and oxygen atoms in total. The Morgan fingerprint density at radius 1 is 1.19 bits per heavy atom. The number of carbonyl (C=O) groups is 1. The van der Waals surface area contributed by atoms with Gasteiger partial charge in [-0.15, -0.1) is 0 Å². The molecule has 2 rings (SSSR count). The molecule has 2 N–H and O–H groups in total. The standard InChI is InChI=1S/C17H18FNO2/c1-11-8-9-12(2)13(10-11)17(3,16(20)21)19-15-7-5-4-6-14(15)18/h4-10,19H,1-3H3,(H,20,21). The molecule has 0 saturated carbocycles. The Morgan fingerprint density at radius 2 is 1.86 bits per heavy atom. The van der Waals surface area contributed by atoms with Gasteiger partial charge in [0.1, 0.15) is 5.82 Å². The van der Waals surface area contributed by atoms with E-state index >= 15 is 0 Å². The highest BCUT2D eigenvalue weighted by molar-refractivity contribution is 5.84. The minimum Gasteiger partial charge on any atom is -0.479 e. The molecule has 1 atom stereocenters. The number of anilines is 1. The summed E-state index contributed by atoms with van der Waals surface area (Å²) in [6, 6.07) is 11.7. The molecular weight excluding hydrogens is 269 g/mol. The van der Waals surface area contributed by atoms with Crippen LogP contribution in [-0.2, 0) is 10.3 Å². The predicted molar refractivity (Wildman–Crippen MR) is 80.9 cm³/mol. The summed E-state index contributed by atoms with van der Waals surface area (Å²) in [7, 11) is 0. The van der Waals surface area contributed by atoms with Crippen molar-refractivity contribution >= 4 is 11.7 Å². The highest BCUT2D eigenvalue weighted by Crippen LogP contribution is 2.30. The number of aryl methyl sites for hydroxylation is 2. The molecule has 2 aromatic carbocycles. The Balaban J connectivity index is 2.53. The Morgan fingerprint density at radius 3 is 2.48 bits per heavy atom. The van der Waals surface area contributed by atoms with E-state index in [4.69, 9.17) is 0 Å². The molecule has 110 valence electrons. The highest BCUT2D eigenvalue weighted by atomic mass is 19.1. The molecule has 0 bridgehead atoms. The zero-order chi connectivity index (χ0) is 15.6. The van der Waals surface area contributed by atoms with Crippen LogP contribution < -0.4 is 5.32 Å². The van der Waals surface area contributed by atoms with Crippen LogP contribution in [0.1, 0.15) is 23.6 Å². The molecule has 0 heterocycles. The fourth-order valence-corrected chi connectivity index (χ4v) is 2.34. The van der Waals surface area contributed by atoms with E-state index in [0.717, 1.165) is 11.1 Å². The largest absolute Gasteiger partial charge is 0.479 e. The van der Waals surface area contributed by atoms with Gasteiger partial charge in [0.25, 0.3) is 0 Å². The van der Waals surface area contributed by atoms with Gasteiger partial charge in [-0.2, -0.15) is 0 Å². The summed E-state index contributed by atoms with van der Waals surface area (Å²) in [6.45, 7) is 5.29. The van der Waals surface area contributed by atoms with Gasteiger partial charge in [-0.3, -0.25) is 0 Å². The Kier molecular flexibility index (Phi) is 3.98. The van der Waals surface area contributed by atoms with Crippen LogP contribution in [0.4, 0.5) is 10.1 Å². The van der Waals surface area contributed by atoms with Crippen molar-refractivity contribution in [2.24, 2.45) is 0 Å². The quantitative estimate of drug-likeness (QED) is 0.898. The first-order chi connectivity index (χ1) is 9.84. The van der Waals surface area contributed by atoms with E-state index in [1.807, 2.05) is 32.0 Å². The number of carboxylic acid groups (broad SMARTS) is 1. The molecular formula is C17H18FNO2. The van der Waals surface area contributed by atoms with E-state index in [1.54, 1.807) is 19.1 Å². The molecule has 0 aliphatic carbocycles. The van der Waals surface area contributed by atoms with Crippen molar-refractivity contribution in [3.63, 3.8) is 0 Å². The molecule has 0 aliphatic rings. The van der Waals surface area contributed by atoms with Gasteiger partial charge in [-0.05, 0) is 44.0 Å². The highest BCUT2D eigenvalue weighted by Gasteiger charge is 2.37. The van der Waals surface area contributed by atoms with Crippen molar-refractivity contribution in [3.05, 3.63) is 65.0 Å². The number of nitrogens with one attached hydrogen (secondary N) is 1. The fraction of sp³-hybridized carbons (Fsp3) is 0.235. The van der Waals surface area contributed by atoms with E-state index in [-0.39, 0.29) is 5.69 Å². The molecule has 0 amide bonds. The summed E-state index contributed by atoms with van der Waals surface area (Å²) >= 11 is 0. The summed E-state index contributed by atoms with van der Waals surface area (Å²) in [5, 5.41) is 12.5. The maximum absolute atomic E-state index is 13.8. The van der Waals surface area contributed by atoms with Gasteiger partial charge in [0.05, 0.1) is 5.69 Å². The van der Waals surface area contributed by atoms with Crippen molar-refractivity contribution in [3.8, 4) is 0 Å². The average Bonchev–Trinajstić information content (AvgIpc) is 2.43. The number of halogens is 1. The number of rotatable bonds is 4. The number of para-hydroxylation sites is 1. The van der Waals surface area contributed by atoms with Crippen LogP contribution in [-0.4, -0.2) is 11.1 Å². The fourth-order valence-electron chi connectivity index (χ4n) is 2.34. The topological polar surface area (TPSA) is 49.3 Å². The van der Waals surface area contributed by atoms with Crippen molar-refractivity contribution in [2.75, 3.05) is 5.32 Å².